The molecule has 0 saturated heterocycles. The van der Waals surface area contributed by atoms with E-state index in [4.69, 9.17) is 28.4 Å². The van der Waals surface area contributed by atoms with Crippen LogP contribution in [0, 0.1) is 35.8 Å². The summed E-state index contributed by atoms with van der Waals surface area (Å²) in [5.41, 5.74) is 0.105. The van der Waals surface area contributed by atoms with Gasteiger partial charge in [-0.15, -0.1) is 0 Å². The summed E-state index contributed by atoms with van der Waals surface area (Å²) in [4.78, 5) is 17.7. The Hall–Kier alpha value is -3.65. The van der Waals surface area contributed by atoms with Crippen LogP contribution < -0.4 is 5.32 Å². The minimum atomic E-state index is -0.321. The first-order valence-electron chi connectivity index (χ1n) is 7.83. The highest BCUT2D eigenvalue weighted by atomic mass is 16.5. The number of allylic oxidation sites excluding steroid dienone is 8. The minimum Gasteiger partial charge on any atom is -0.464 e. The van der Waals surface area contributed by atoms with Crippen LogP contribution in [0.15, 0.2) is 47.3 Å². The molecule has 7 heteroatoms. The largest absolute Gasteiger partial charge is 0.464 e. The smallest absolute Gasteiger partial charge is 0.306 e. The van der Waals surface area contributed by atoms with Gasteiger partial charge in [0.1, 0.15) is 6.61 Å². The number of likely N-dealkylation sites (N-methyl/N-ethyl adjacent to an activating group) is 1. The van der Waals surface area contributed by atoms with E-state index in [9.17, 15) is 4.79 Å². The van der Waals surface area contributed by atoms with Gasteiger partial charge in [0.05, 0.1) is 25.3 Å². The lowest BCUT2D eigenvalue weighted by Crippen LogP contribution is -2.20. The second-order valence-electron chi connectivity index (χ2n) is 4.68. The van der Waals surface area contributed by atoms with Crippen LogP contribution in [0.1, 0.15) is 19.8 Å². The monoisotopic (exact) mass is 349 g/mol. The molecule has 0 unspecified atom stereocenters. The third-order valence-electron chi connectivity index (χ3n) is 2.86. The standard InChI is InChI=1S/C19H19N5O2/c1-4-24-12-13-26-19(25)11-6-5-8-16(18(15-21)23-3)9-7-10-17(14-20)22-2/h5,7-10,24H,4,6,11-13H2,1H3/b8-5+,9-7-,17-10+,18-16+. The van der Waals surface area contributed by atoms with Crippen molar-refractivity contribution in [3.8, 4) is 12.1 Å². The van der Waals surface area contributed by atoms with Crippen molar-refractivity contribution in [3.05, 3.63) is 70.2 Å². The maximum Gasteiger partial charge on any atom is 0.306 e. The predicted octanol–water partition coefficient (Wildman–Crippen LogP) is 3.06. The van der Waals surface area contributed by atoms with Gasteiger partial charge in [0.2, 0.25) is 0 Å². The van der Waals surface area contributed by atoms with E-state index >= 15 is 0 Å². The first kappa shape index (κ1) is 22.4. The summed E-state index contributed by atoms with van der Waals surface area (Å²) in [6.45, 7) is 17.5. The van der Waals surface area contributed by atoms with E-state index in [1.807, 2.05) is 6.92 Å². The average molecular weight is 349 g/mol. The highest BCUT2D eigenvalue weighted by Gasteiger charge is 2.02. The molecule has 0 radical (unpaired) electrons. The van der Waals surface area contributed by atoms with Gasteiger partial charge >= 0.3 is 5.97 Å². The van der Waals surface area contributed by atoms with E-state index in [1.165, 1.54) is 18.2 Å². The van der Waals surface area contributed by atoms with Gasteiger partial charge in [-0.2, -0.15) is 0 Å². The van der Waals surface area contributed by atoms with E-state index in [1.54, 1.807) is 24.3 Å². The number of ether oxygens (including phenoxy) is 1. The molecular weight excluding hydrogens is 330 g/mol. The number of esters is 1. The Balaban J connectivity index is 4.81. The van der Waals surface area contributed by atoms with Crippen molar-refractivity contribution in [2.45, 2.75) is 19.8 Å². The Morgan fingerprint density at radius 2 is 2.00 bits per heavy atom. The molecule has 0 heterocycles. The average Bonchev–Trinajstić information content (AvgIpc) is 2.66. The lowest BCUT2D eigenvalue weighted by Gasteiger charge is -2.03. The predicted molar refractivity (Wildman–Crippen MR) is 96.6 cm³/mol. The molecule has 0 saturated carbocycles. The van der Waals surface area contributed by atoms with Gasteiger partial charge < -0.3 is 10.1 Å². The molecule has 0 aliphatic rings. The van der Waals surface area contributed by atoms with Crippen LogP contribution >= 0.6 is 0 Å². The molecule has 26 heavy (non-hydrogen) atoms. The maximum absolute atomic E-state index is 11.5. The SMILES string of the molecule is [C-]#[N+]/C(C#N)=C/C=C\C(\C=C\CCC(=O)OCCNCC)=C(/C#N)[N+]#[C-]. The zero-order chi connectivity index (χ0) is 19.6. The Morgan fingerprint density at radius 1 is 1.23 bits per heavy atom. The molecule has 0 bridgehead atoms. The zero-order valence-electron chi connectivity index (χ0n) is 14.5. The molecule has 0 aromatic carbocycles. The lowest BCUT2D eigenvalue weighted by atomic mass is 10.1. The molecule has 1 N–H and O–H groups in total. The summed E-state index contributed by atoms with van der Waals surface area (Å²) in [5, 5.41) is 20.7. The molecule has 0 fully saturated rings. The fourth-order valence-corrected chi connectivity index (χ4v) is 1.61. The zero-order valence-corrected chi connectivity index (χ0v) is 14.5. The third-order valence-corrected chi connectivity index (χ3v) is 2.86. The van der Waals surface area contributed by atoms with Crippen molar-refractivity contribution in [3.63, 3.8) is 0 Å². The van der Waals surface area contributed by atoms with Crippen molar-refractivity contribution in [1.29, 1.82) is 10.5 Å². The number of nitrogens with zero attached hydrogens (tertiary/aromatic N) is 4. The first-order chi connectivity index (χ1) is 12.6. The van der Waals surface area contributed by atoms with Crippen molar-refractivity contribution < 1.29 is 9.53 Å². The molecule has 0 spiro atoms. The van der Waals surface area contributed by atoms with Gasteiger partial charge in [0.15, 0.2) is 0 Å². The van der Waals surface area contributed by atoms with E-state index in [2.05, 4.69) is 15.0 Å². The van der Waals surface area contributed by atoms with Gasteiger partial charge in [0, 0.05) is 13.0 Å². The molecule has 0 rings (SSSR count). The number of hydrogen-bond acceptors (Lipinski definition) is 5. The highest BCUT2D eigenvalue weighted by molar-refractivity contribution is 5.69. The van der Waals surface area contributed by atoms with Gasteiger partial charge in [-0.05, 0) is 24.6 Å². The quantitative estimate of drug-likeness (QED) is 0.215. The summed E-state index contributed by atoms with van der Waals surface area (Å²) in [6.07, 6.45) is 7.99. The van der Waals surface area contributed by atoms with Crippen molar-refractivity contribution in [1.82, 2.24) is 5.32 Å². The molecule has 0 aromatic heterocycles. The van der Waals surface area contributed by atoms with Crippen LogP contribution in [0.5, 0.6) is 0 Å². The molecule has 0 atom stereocenters. The topological polar surface area (TPSA) is 94.6 Å². The number of rotatable bonds is 10. The minimum absolute atomic E-state index is 0.105. The van der Waals surface area contributed by atoms with E-state index in [0.717, 1.165) is 6.54 Å². The number of carbonyl (C=O) groups excluding carboxylic acids is 1. The number of carbonyl (C=O) groups is 1. The van der Waals surface area contributed by atoms with Crippen LogP contribution in [0.25, 0.3) is 9.69 Å². The Kier molecular flexibility index (Phi) is 12.8. The van der Waals surface area contributed by atoms with Crippen molar-refractivity contribution in [2.75, 3.05) is 19.7 Å². The van der Waals surface area contributed by atoms with Crippen LogP contribution in [0.3, 0.4) is 0 Å². The maximum atomic E-state index is 11.5. The highest BCUT2D eigenvalue weighted by Crippen LogP contribution is 2.11. The second-order valence-corrected chi connectivity index (χ2v) is 4.68. The summed E-state index contributed by atoms with van der Waals surface area (Å²) in [6, 6.07) is 3.50. The summed E-state index contributed by atoms with van der Waals surface area (Å²) < 4.78 is 5.03. The first-order valence-corrected chi connectivity index (χ1v) is 7.83. The summed E-state index contributed by atoms with van der Waals surface area (Å²) >= 11 is 0. The number of hydrogen-bond donors (Lipinski definition) is 1. The fourth-order valence-electron chi connectivity index (χ4n) is 1.61. The number of nitriles is 2. The Labute approximate surface area is 153 Å². The molecule has 0 aliphatic heterocycles. The normalized spacial score (nSPS) is 12.0. The van der Waals surface area contributed by atoms with Crippen LogP contribution in [-0.2, 0) is 9.53 Å². The van der Waals surface area contributed by atoms with Crippen LogP contribution in [-0.4, -0.2) is 25.7 Å². The third kappa shape index (κ3) is 10.2. The van der Waals surface area contributed by atoms with E-state index in [0.29, 0.717) is 25.1 Å². The summed E-state index contributed by atoms with van der Waals surface area (Å²) in [5.74, 6) is -0.321. The molecule has 7 nitrogen and oxygen atoms in total. The van der Waals surface area contributed by atoms with E-state index in [-0.39, 0.29) is 23.8 Å². The fraction of sp³-hybridized carbons (Fsp3) is 0.316. The molecule has 0 aliphatic carbocycles. The summed E-state index contributed by atoms with van der Waals surface area (Å²) in [7, 11) is 0. The molecule has 0 amide bonds. The molecule has 0 aromatic rings. The van der Waals surface area contributed by atoms with Gasteiger partial charge in [0.25, 0.3) is 11.4 Å². The van der Waals surface area contributed by atoms with Crippen molar-refractivity contribution >= 4 is 5.97 Å². The van der Waals surface area contributed by atoms with Gasteiger partial charge in [-0.1, -0.05) is 31.2 Å². The van der Waals surface area contributed by atoms with Gasteiger partial charge in [-0.25, -0.2) is 20.2 Å². The molecule has 132 valence electrons. The Morgan fingerprint density at radius 3 is 2.58 bits per heavy atom. The van der Waals surface area contributed by atoms with Crippen LogP contribution in [0.2, 0.25) is 0 Å². The number of nitrogens with one attached hydrogen (secondary N) is 1. The van der Waals surface area contributed by atoms with E-state index < -0.39 is 0 Å². The second kappa shape index (κ2) is 14.9. The lowest BCUT2D eigenvalue weighted by molar-refractivity contribution is -0.143. The van der Waals surface area contributed by atoms with Crippen LogP contribution in [0.4, 0.5) is 0 Å². The van der Waals surface area contributed by atoms with Gasteiger partial charge in [-0.3, -0.25) is 4.79 Å². The molecular formula is C19H19N5O2. The van der Waals surface area contributed by atoms with Crippen molar-refractivity contribution in [2.24, 2.45) is 0 Å². The Bertz CT molecular complexity index is 730.